The number of carbonyl (C=O) groups is 2. The average Bonchev–Trinajstić information content (AvgIpc) is 3.22. The summed E-state index contributed by atoms with van der Waals surface area (Å²) in [5.74, 6) is -0.415. The normalized spacial score (nSPS) is 18.2. The van der Waals surface area contributed by atoms with Gasteiger partial charge in [-0.3, -0.25) is 9.69 Å². The number of hydrogen-bond acceptors (Lipinski definition) is 6. The SMILES string of the molecule is Cc1cc(C2CCCCN2CCC(=O)Nc2ccsc2C(=O)O)no1. The Hall–Kier alpha value is -2.19. The van der Waals surface area contributed by atoms with Gasteiger partial charge in [-0.25, -0.2) is 4.79 Å². The van der Waals surface area contributed by atoms with Crippen LogP contribution < -0.4 is 5.32 Å². The van der Waals surface area contributed by atoms with Crippen LogP contribution in [0.2, 0.25) is 0 Å². The van der Waals surface area contributed by atoms with Gasteiger partial charge in [0.05, 0.1) is 11.7 Å². The van der Waals surface area contributed by atoms with Crippen molar-refractivity contribution in [1.29, 1.82) is 0 Å². The summed E-state index contributed by atoms with van der Waals surface area (Å²) in [7, 11) is 0. The second kappa shape index (κ2) is 7.79. The molecule has 134 valence electrons. The summed E-state index contributed by atoms with van der Waals surface area (Å²) in [5, 5.41) is 17.6. The predicted octanol–water partition coefficient (Wildman–Crippen LogP) is 3.30. The summed E-state index contributed by atoms with van der Waals surface area (Å²) >= 11 is 1.10. The van der Waals surface area contributed by atoms with Gasteiger partial charge in [-0.1, -0.05) is 11.6 Å². The first-order chi connectivity index (χ1) is 12.0. The number of piperidine rings is 1. The minimum atomic E-state index is -1.03. The van der Waals surface area contributed by atoms with Gasteiger partial charge in [0.1, 0.15) is 16.3 Å². The fourth-order valence-electron chi connectivity index (χ4n) is 3.17. The highest BCUT2D eigenvalue weighted by molar-refractivity contribution is 7.12. The number of nitrogens with zero attached hydrogens (tertiary/aromatic N) is 2. The van der Waals surface area contributed by atoms with Gasteiger partial charge in [-0.05, 0) is 37.8 Å². The third-order valence-corrected chi connectivity index (χ3v) is 5.26. The van der Waals surface area contributed by atoms with E-state index in [0.717, 1.165) is 48.6 Å². The zero-order valence-corrected chi connectivity index (χ0v) is 14.8. The average molecular weight is 363 g/mol. The molecule has 0 saturated carbocycles. The number of thiophene rings is 1. The molecule has 0 aromatic carbocycles. The Morgan fingerprint density at radius 1 is 1.48 bits per heavy atom. The van der Waals surface area contributed by atoms with E-state index in [4.69, 9.17) is 9.63 Å². The molecule has 2 aromatic heterocycles. The maximum Gasteiger partial charge on any atom is 0.348 e. The van der Waals surface area contributed by atoms with Crippen LogP contribution in [0.15, 0.2) is 22.0 Å². The standard InChI is InChI=1S/C17H21N3O4S/c1-11-10-13(19-24-11)14-4-2-3-7-20(14)8-5-15(21)18-12-6-9-25-16(12)17(22)23/h6,9-10,14H,2-5,7-8H2,1H3,(H,18,21)(H,22,23). The van der Waals surface area contributed by atoms with E-state index in [-0.39, 0.29) is 16.8 Å². The zero-order valence-electron chi connectivity index (χ0n) is 14.0. The van der Waals surface area contributed by atoms with Crippen molar-refractivity contribution in [1.82, 2.24) is 10.1 Å². The molecule has 3 rings (SSSR count). The molecule has 7 nitrogen and oxygen atoms in total. The van der Waals surface area contributed by atoms with Crippen LogP contribution in [0.3, 0.4) is 0 Å². The number of likely N-dealkylation sites (tertiary alicyclic amines) is 1. The van der Waals surface area contributed by atoms with Crippen LogP contribution in [0.25, 0.3) is 0 Å². The van der Waals surface area contributed by atoms with Crippen molar-refractivity contribution in [3.8, 4) is 0 Å². The number of carboxylic acids is 1. The molecule has 1 saturated heterocycles. The van der Waals surface area contributed by atoms with Gasteiger partial charge in [-0.2, -0.15) is 0 Å². The molecule has 0 radical (unpaired) electrons. The number of aromatic nitrogens is 1. The Morgan fingerprint density at radius 3 is 3.04 bits per heavy atom. The topological polar surface area (TPSA) is 95.7 Å². The Bertz CT molecular complexity index is 755. The Balaban J connectivity index is 1.58. The van der Waals surface area contributed by atoms with Gasteiger partial charge in [-0.15, -0.1) is 11.3 Å². The highest BCUT2D eigenvalue weighted by Crippen LogP contribution is 2.30. The van der Waals surface area contributed by atoms with Crippen LogP contribution >= 0.6 is 11.3 Å². The first kappa shape index (κ1) is 17.6. The summed E-state index contributed by atoms with van der Waals surface area (Å²) in [6.07, 6.45) is 3.54. The van der Waals surface area contributed by atoms with Crippen LogP contribution in [0, 0.1) is 6.92 Å². The lowest BCUT2D eigenvalue weighted by atomic mass is 9.99. The molecular formula is C17H21N3O4S. The van der Waals surface area contributed by atoms with E-state index in [1.54, 1.807) is 11.4 Å². The third kappa shape index (κ3) is 4.26. The van der Waals surface area contributed by atoms with E-state index in [0.29, 0.717) is 18.7 Å². The second-order valence-electron chi connectivity index (χ2n) is 6.18. The van der Waals surface area contributed by atoms with Crippen LogP contribution in [-0.2, 0) is 4.79 Å². The third-order valence-electron chi connectivity index (χ3n) is 4.36. The molecule has 25 heavy (non-hydrogen) atoms. The second-order valence-corrected chi connectivity index (χ2v) is 7.09. The van der Waals surface area contributed by atoms with Gasteiger partial charge >= 0.3 is 5.97 Å². The molecule has 1 unspecified atom stereocenters. The van der Waals surface area contributed by atoms with Crippen molar-refractivity contribution < 1.29 is 19.2 Å². The monoisotopic (exact) mass is 363 g/mol. The number of rotatable bonds is 6. The highest BCUT2D eigenvalue weighted by atomic mass is 32.1. The molecular weight excluding hydrogens is 342 g/mol. The van der Waals surface area contributed by atoms with Gasteiger partial charge < -0.3 is 14.9 Å². The number of nitrogens with one attached hydrogen (secondary N) is 1. The number of aromatic carboxylic acids is 1. The molecule has 1 fully saturated rings. The molecule has 1 atom stereocenters. The van der Waals surface area contributed by atoms with Gasteiger partial charge in [0.25, 0.3) is 0 Å². The van der Waals surface area contributed by atoms with E-state index in [2.05, 4.69) is 15.4 Å². The summed E-state index contributed by atoms with van der Waals surface area (Å²) in [4.78, 5) is 25.7. The summed E-state index contributed by atoms with van der Waals surface area (Å²) in [6.45, 7) is 3.40. The number of anilines is 1. The molecule has 0 spiro atoms. The van der Waals surface area contributed by atoms with Crippen molar-refractivity contribution in [3.63, 3.8) is 0 Å². The van der Waals surface area contributed by atoms with E-state index < -0.39 is 5.97 Å². The summed E-state index contributed by atoms with van der Waals surface area (Å²) in [6, 6.07) is 3.75. The van der Waals surface area contributed by atoms with E-state index in [1.807, 2.05) is 13.0 Å². The van der Waals surface area contributed by atoms with Crippen LogP contribution in [0.4, 0.5) is 5.69 Å². The molecule has 1 aliphatic rings. The molecule has 1 amide bonds. The first-order valence-electron chi connectivity index (χ1n) is 8.32. The van der Waals surface area contributed by atoms with Crippen molar-refractivity contribution in [2.24, 2.45) is 0 Å². The zero-order chi connectivity index (χ0) is 17.8. The lowest BCUT2D eigenvalue weighted by Gasteiger charge is -2.34. The van der Waals surface area contributed by atoms with Crippen LogP contribution in [0.1, 0.15) is 52.9 Å². The summed E-state index contributed by atoms with van der Waals surface area (Å²) in [5.41, 5.74) is 1.29. The fourth-order valence-corrected chi connectivity index (χ4v) is 3.85. The van der Waals surface area contributed by atoms with Crippen molar-refractivity contribution >= 4 is 28.9 Å². The molecule has 2 aromatic rings. The molecule has 8 heteroatoms. The Kier molecular flexibility index (Phi) is 5.50. The van der Waals surface area contributed by atoms with Gasteiger partial charge in [0.15, 0.2) is 0 Å². The molecule has 0 bridgehead atoms. The van der Waals surface area contributed by atoms with Gasteiger partial charge in [0.2, 0.25) is 5.91 Å². The molecule has 2 N–H and O–H groups in total. The van der Waals surface area contributed by atoms with Crippen molar-refractivity contribution in [3.05, 3.63) is 33.8 Å². The number of carbonyl (C=O) groups excluding carboxylic acids is 1. The highest BCUT2D eigenvalue weighted by Gasteiger charge is 2.26. The van der Waals surface area contributed by atoms with Crippen molar-refractivity contribution in [2.75, 3.05) is 18.4 Å². The Morgan fingerprint density at radius 2 is 2.32 bits per heavy atom. The number of carboxylic acid groups (broad SMARTS) is 1. The first-order valence-corrected chi connectivity index (χ1v) is 9.20. The maximum atomic E-state index is 12.2. The van der Waals surface area contributed by atoms with E-state index >= 15 is 0 Å². The quantitative estimate of drug-likeness (QED) is 0.817. The molecule has 1 aliphatic heterocycles. The Labute approximate surface area is 149 Å². The minimum Gasteiger partial charge on any atom is -0.477 e. The lowest BCUT2D eigenvalue weighted by molar-refractivity contribution is -0.116. The van der Waals surface area contributed by atoms with E-state index in [1.165, 1.54) is 0 Å². The van der Waals surface area contributed by atoms with Gasteiger partial charge in [0, 0.05) is 19.0 Å². The number of amides is 1. The number of aryl methyl sites for hydroxylation is 1. The van der Waals surface area contributed by atoms with Crippen LogP contribution in [-0.4, -0.2) is 40.1 Å². The fraction of sp³-hybridized carbons (Fsp3) is 0.471. The van der Waals surface area contributed by atoms with Crippen molar-refractivity contribution in [2.45, 2.75) is 38.6 Å². The molecule has 0 aliphatic carbocycles. The van der Waals surface area contributed by atoms with Crippen LogP contribution in [0.5, 0.6) is 0 Å². The number of hydrogen-bond donors (Lipinski definition) is 2. The van der Waals surface area contributed by atoms with E-state index in [9.17, 15) is 9.59 Å². The lowest BCUT2D eigenvalue weighted by Crippen LogP contribution is -2.35. The molecule has 3 heterocycles. The largest absolute Gasteiger partial charge is 0.477 e. The smallest absolute Gasteiger partial charge is 0.348 e. The predicted molar refractivity (Wildman–Crippen MR) is 93.9 cm³/mol. The summed E-state index contributed by atoms with van der Waals surface area (Å²) < 4.78 is 5.19. The minimum absolute atomic E-state index is 0.155. The maximum absolute atomic E-state index is 12.2.